The van der Waals surface area contributed by atoms with Crippen LogP contribution in [0.1, 0.15) is 181 Å². The van der Waals surface area contributed by atoms with Gasteiger partial charge in [0.15, 0.2) is 0 Å². The quantitative estimate of drug-likeness (QED) is 0.0391. The first kappa shape index (κ1) is 43.5. The zero-order chi connectivity index (χ0) is 32.4. The Morgan fingerprint density at radius 2 is 1.00 bits per heavy atom. The fraction of sp³-hybridized carbons (Fsp3) is 0.971. The second kappa shape index (κ2) is 33.9. The van der Waals surface area contributed by atoms with Gasteiger partial charge in [0.1, 0.15) is 6.10 Å². The Kier molecular flexibility index (Phi) is 33.5. The van der Waals surface area contributed by atoms with Gasteiger partial charge >= 0.3 is 13.8 Å². The van der Waals surface area contributed by atoms with Gasteiger partial charge < -0.3 is 20.1 Å². The molecule has 0 aromatic heterocycles. The molecule has 0 aliphatic carbocycles. The van der Waals surface area contributed by atoms with Crippen molar-refractivity contribution in [2.45, 2.75) is 187 Å². The van der Waals surface area contributed by atoms with Crippen molar-refractivity contribution in [3.8, 4) is 0 Å². The third kappa shape index (κ3) is 32.9. The van der Waals surface area contributed by atoms with Gasteiger partial charge in [0, 0.05) is 19.6 Å². The van der Waals surface area contributed by atoms with E-state index >= 15 is 0 Å². The molecule has 0 rings (SSSR count). The van der Waals surface area contributed by atoms with Crippen molar-refractivity contribution in [1.29, 1.82) is 0 Å². The SMILES string of the molecule is CCCCCCCCCCCCCCCC(=O)O[C@H](COCCCCCCCCCCCCCC)COP(=O)(O)OCCN. The highest BCUT2D eigenvalue weighted by atomic mass is 31.2. The third-order valence-corrected chi connectivity index (χ3v) is 9.01. The topological polar surface area (TPSA) is 117 Å². The maximum atomic E-state index is 12.5. The van der Waals surface area contributed by atoms with Crippen LogP contribution < -0.4 is 5.73 Å². The van der Waals surface area contributed by atoms with Crippen LogP contribution in [0.2, 0.25) is 0 Å². The molecular weight excluding hydrogens is 577 g/mol. The predicted molar refractivity (Wildman–Crippen MR) is 183 cm³/mol. The van der Waals surface area contributed by atoms with E-state index in [4.69, 9.17) is 24.3 Å². The first-order valence-corrected chi connectivity index (χ1v) is 20.0. The summed E-state index contributed by atoms with van der Waals surface area (Å²) in [6.45, 7) is 4.95. The van der Waals surface area contributed by atoms with Crippen LogP contribution in [0.4, 0.5) is 0 Å². The van der Waals surface area contributed by atoms with Crippen LogP contribution in [0.3, 0.4) is 0 Å². The van der Waals surface area contributed by atoms with Crippen molar-refractivity contribution in [2.75, 3.05) is 33.0 Å². The normalized spacial score (nSPS) is 13.6. The summed E-state index contributed by atoms with van der Waals surface area (Å²) in [5.74, 6) is -0.328. The van der Waals surface area contributed by atoms with Crippen LogP contribution >= 0.6 is 7.82 Å². The average molecular weight is 650 g/mol. The van der Waals surface area contributed by atoms with Crippen molar-refractivity contribution in [3.05, 3.63) is 0 Å². The van der Waals surface area contributed by atoms with E-state index in [1.54, 1.807) is 0 Å². The van der Waals surface area contributed by atoms with E-state index in [2.05, 4.69) is 13.8 Å². The van der Waals surface area contributed by atoms with Gasteiger partial charge in [-0.2, -0.15) is 0 Å². The smallest absolute Gasteiger partial charge is 0.457 e. The number of phosphoric ester groups is 1. The van der Waals surface area contributed by atoms with E-state index in [0.29, 0.717) is 13.0 Å². The Bertz CT molecular complexity index is 653. The molecule has 2 atom stereocenters. The van der Waals surface area contributed by atoms with Crippen molar-refractivity contribution in [1.82, 2.24) is 0 Å². The van der Waals surface area contributed by atoms with Crippen LogP contribution in [0.15, 0.2) is 0 Å². The Morgan fingerprint density at radius 1 is 0.591 bits per heavy atom. The first-order chi connectivity index (χ1) is 21.4. The molecule has 264 valence electrons. The summed E-state index contributed by atoms with van der Waals surface area (Å²) >= 11 is 0. The molecule has 9 heteroatoms. The van der Waals surface area contributed by atoms with Gasteiger partial charge in [0.05, 0.1) is 19.8 Å². The number of rotatable bonds is 36. The highest BCUT2D eigenvalue weighted by Gasteiger charge is 2.25. The van der Waals surface area contributed by atoms with Gasteiger partial charge in [-0.05, 0) is 12.8 Å². The first-order valence-electron chi connectivity index (χ1n) is 18.5. The van der Waals surface area contributed by atoms with Gasteiger partial charge in [0.2, 0.25) is 0 Å². The molecule has 0 fully saturated rings. The van der Waals surface area contributed by atoms with Crippen LogP contribution in [-0.2, 0) is 27.9 Å². The molecule has 0 saturated carbocycles. The molecule has 8 nitrogen and oxygen atoms in total. The Balaban J connectivity index is 4.07. The Labute approximate surface area is 271 Å². The summed E-state index contributed by atoms with van der Waals surface area (Å²) in [6, 6.07) is 0. The number of ether oxygens (including phenoxy) is 2. The number of carbonyl (C=O) groups is 1. The number of unbranched alkanes of at least 4 members (excludes halogenated alkanes) is 23. The fourth-order valence-electron chi connectivity index (χ4n) is 5.29. The second-order valence-electron chi connectivity index (χ2n) is 12.5. The molecule has 44 heavy (non-hydrogen) atoms. The average Bonchev–Trinajstić information content (AvgIpc) is 3.01. The number of phosphoric acid groups is 1. The van der Waals surface area contributed by atoms with Crippen LogP contribution in [-0.4, -0.2) is 49.9 Å². The van der Waals surface area contributed by atoms with Gasteiger partial charge in [-0.25, -0.2) is 4.57 Å². The van der Waals surface area contributed by atoms with Crippen LogP contribution in [0.25, 0.3) is 0 Å². The molecule has 1 unspecified atom stereocenters. The molecule has 0 spiro atoms. The number of carbonyl (C=O) groups excluding carboxylic acids is 1. The molecule has 0 bridgehead atoms. The monoisotopic (exact) mass is 650 g/mol. The zero-order valence-electron chi connectivity index (χ0n) is 28.9. The van der Waals surface area contributed by atoms with Crippen LogP contribution in [0.5, 0.6) is 0 Å². The Hall–Kier alpha value is -0.500. The number of nitrogens with two attached hydrogens (primary N) is 1. The lowest BCUT2D eigenvalue weighted by Crippen LogP contribution is -2.28. The van der Waals surface area contributed by atoms with Gasteiger partial charge in [-0.3, -0.25) is 13.8 Å². The highest BCUT2D eigenvalue weighted by molar-refractivity contribution is 7.47. The highest BCUT2D eigenvalue weighted by Crippen LogP contribution is 2.43. The maximum absolute atomic E-state index is 12.5. The summed E-state index contributed by atoms with van der Waals surface area (Å²) in [4.78, 5) is 22.3. The maximum Gasteiger partial charge on any atom is 0.472 e. The molecule has 0 heterocycles. The van der Waals surface area contributed by atoms with E-state index in [1.807, 2.05) is 0 Å². The number of hydrogen-bond acceptors (Lipinski definition) is 7. The minimum absolute atomic E-state index is 0.0905. The minimum atomic E-state index is -4.26. The lowest BCUT2D eigenvalue weighted by atomic mass is 10.0. The summed E-state index contributed by atoms with van der Waals surface area (Å²) in [6.07, 6.45) is 31.0. The van der Waals surface area contributed by atoms with Gasteiger partial charge in [-0.15, -0.1) is 0 Å². The largest absolute Gasteiger partial charge is 0.472 e. The molecule has 0 aromatic rings. The molecule has 0 saturated heterocycles. The minimum Gasteiger partial charge on any atom is -0.457 e. The predicted octanol–water partition coefficient (Wildman–Crippen LogP) is 10.2. The van der Waals surface area contributed by atoms with Crippen LogP contribution in [0, 0.1) is 0 Å². The third-order valence-electron chi connectivity index (χ3n) is 8.02. The standard InChI is InChI=1S/C35H72NO7P/c1-3-5-7-9-11-13-15-17-18-20-22-24-26-28-35(37)43-34(33-42-44(38,39)41-31-29-36)32-40-30-27-25-23-21-19-16-14-12-10-8-6-4-2/h34H,3-33,36H2,1-2H3,(H,38,39)/t34-/m1/s1. The summed E-state index contributed by atoms with van der Waals surface area (Å²) in [7, 11) is -4.26. The fourth-order valence-corrected chi connectivity index (χ4v) is 6.06. The molecule has 0 radical (unpaired) electrons. The van der Waals surface area contributed by atoms with Crippen molar-refractivity contribution in [3.63, 3.8) is 0 Å². The molecule has 0 aliphatic heterocycles. The van der Waals surface area contributed by atoms with E-state index in [-0.39, 0.29) is 32.3 Å². The van der Waals surface area contributed by atoms with Crippen molar-refractivity contribution in [2.24, 2.45) is 5.73 Å². The van der Waals surface area contributed by atoms with Crippen molar-refractivity contribution >= 4 is 13.8 Å². The molecule has 0 aromatic carbocycles. The molecule has 0 amide bonds. The zero-order valence-corrected chi connectivity index (χ0v) is 29.8. The Morgan fingerprint density at radius 3 is 1.43 bits per heavy atom. The second-order valence-corrected chi connectivity index (χ2v) is 13.9. The van der Waals surface area contributed by atoms with E-state index in [9.17, 15) is 14.3 Å². The molecule has 3 N–H and O–H groups in total. The van der Waals surface area contributed by atoms with E-state index in [1.165, 1.54) is 128 Å². The van der Waals surface area contributed by atoms with Crippen molar-refractivity contribution < 1.29 is 32.8 Å². The van der Waals surface area contributed by atoms with E-state index in [0.717, 1.165) is 32.1 Å². The van der Waals surface area contributed by atoms with E-state index < -0.39 is 13.9 Å². The lowest BCUT2D eigenvalue weighted by Gasteiger charge is -2.20. The number of esters is 1. The summed E-state index contributed by atoms with van der Waals surface area (Å²) < 4.78 is 33.2. The van der Waals surface area contributed by atoms with Gasteiger partial charge in [-0.1, -0.05) is 162 Å². The molecular formula is C35H72NO7P. The van der Waals surface area contributed by atoms with Gasteiger partial charge in [0.25, 0.3) is 0 Å². The summed E-state index contributed by atoms with van der Waals surface area (Å²) in [5.41, 5.74) is 5.34. The molecule has 0 aliphatic rings. The lowest BCUT2D eigenvalue weighted by molar-refractivity contribution is -0.154. The number of hydrogen-bond donors (Lipinski definition) is 2. The summed E-state index contributed by atoms with van der Waals surface area (Å²) in [5, 5.41) is 0.